The monoisotopic (exact) mass is 221 g/mol. The summed E-state index contributed by atoms with van der Waals surface area (Å²) in [5.74, 6) is 2.06. The molecular formula is C11H19N5. The highest BCUT2D eigenvalue weighted by Crippen LogP contribution is 2.31. The first-order chi connectivity index (χ1) is 7.74. The van der Waals surface area contributed by atoms with Gasteiger partial charge in [0.05, 0.1) is 0 Å². The smallest absolute Gasteiger partial charge is 0.223 e. The van der Waals surface area contributed by atoms with Gasteiger partial charge in [0.1, 0.15) is 11.6 Å². The van der Waals surface area contributed by atoms with Crippen LogP contribution in [0.3, 0.4) is 0 Å². The Morgan fingerprint density at radius 3 is 2.81 bits per heavy atom. The average Bonchev–Trinajstić information content (AvgIpc) is 3.08. The number of anilines is 3. The number of aromatic nitrogens is 2. The first-order valence-electron chi connectivity index (χ1n) is 5.83. The number of nitrogens with zero attached hydrogens (tertiary/aromatic N) is 3. The number of nitrogens with one attached hydrogen (secondary N) is 1. The number of hydrogen-bond acceptors (Lipinski definition) is 5. The molecule has 0 bridgehead atoms. The van der Waals surface area contributed by atoms with Crippen molar-refractivity contribution in [1.29, 1.82) is 0 Å². The van der Waals surface area contributed by atoms with Crippen LogP contribution in [0, 0.1) is 0 Å². The highest BCUT2D eigenvalue weighted by molar-refractivity contribution is 5.53. The van der Waals surface area contributed by atoms with Crippen LogP contribution < -0.4 is 16.0 Å². The summed E-state index contributed by atoms with van der Waals surface area (Å²) in [4.78, 5) is 10.8. The summed E-state index contributed by atoms with van der Waals surface area (Å²) in [6.45, 7) is 3.21. The maximum Gasteiger partial charge on any atom is 0.223 e. The summed E-state index contributed by atoms with van der Waals surface area (Å²) in [6, 6.07) is 2.61. The first kappa shape index (κ1) is 11.0. The fourth-order valence-electron chi connectivity index (χ4n) is 1.84. The van der Waals surface area contributed by atoms with E-state index in [0.717, 1.165) is 24.6 Å². The zero-order valence-electron chi connectivity index (χ0n) is 9.90. The summed E-state index contributed by atoms with van der Waals surface area (Å²) in [7, 11) is 1.84. The second-order valence-electron chi connectivity index (χ2n) is 4.14. The van der Waals surface area contributed by atoms with Crippen molar-refractivity contribution in [3.8, 4) is 0 Å². The fraction of sp³-hybridized carbons (Fsp3) is 0.636. The average molecular weight is 221 g/mol. The summed E-state index contributed by atoms with van der Waals surface area (Å²) < 4.78 is 0. The van der Waals surface area contributed by atoms with E-state index in [9.17, 15) is 0 Å². The SMILES string of the molecule is CCCN(c1cc(NC)nc(N)n1)C1CC1. The van der Waals surface area contributed by atoms with Gasteiger partial charge in [0, 0.05) is 25.7 Å². The van der Waals surface area contributed by atoms with Crippen LogP contribution in [0.5, 0.6) is 0 Å². The van der Waals surface area contributed by atoms with Crippen LogP contribution in [-0.2, 0) is 0 Å². The lowest BCUT2D eigenvalue weighted by Crippen LogP contribution is -2.27. The molecule has 1 saturated carbocycles. The highest BCUT2D eigenvalue weighted by Gasteiger charge is 2.29. The Hall–Kier alpha value is -1.52. The molecule has 16 heavy (non-hydrogen) atoms. The van der Waals surface area contributed by atoms with E-state index in [1.165, 1.54) is 12.8 Å². The molecule has 5 nitrogen and oxygen atoms in total. The third-order valence-corrected chi connectivity index (χ3v) is 2.73. The molecule has 0 saturated heterocycles. The summed E-state index contributed by atoms with van der Waals surface area (Å²) >= 11 is 0. The predicted octanol–water partition coefficient (Wildman–Crippen LogP) is 1.48. The molecule has 1 aromatic heterocycles. The van der Waals surface area contributed by atoms with Crippen molar-refractivity contribution in [3.63, 3.8) is 0 Å². The lowest BCUT2D eigenvalue weighted by molar-refractivity contribution is 0.750. The quantitative estimate of drug-likeness (QED) is 0.788. The van der Waals surface area contributed by atoms with Crippen molar-refractivity contribution in [2.24, 2.45) is 0 Å². The lowest BCUT2D eigenvalue weighted by atomic mass is 10.3. The van der Waals surface area contributed by atoms with Gasteiger partial charge in [-0.2, -0.15) is 9.97 Å². The van der Waals surface area contributed by atoms with Crippen molar-refractivity contribution in [1.82, 2.24) is 9.97 Å². The van der Waals surface area contributed by atoms with Crippen LogP contribution >= 0.6 is 0 Å². The Morgan fingerprint density at radius 2 is 2.25 bits per heavy atom. The second-order valence-corrected chi connectivity index (χ2v) is 4.14. The molecular weight excluding hydrogens is 202 g/mol. The topological polar surface area (TPSA) is 67.1 Å². The van der Waals surface area contributed by atoms with Gasteiger partial charge in [0.15, 0.2) is 0 Å². The Morgan fingerprint density at radius 1 is 1.50 bits per heavy atom. The summed E-state index contributed by atoms with van der Waals surface area (Å²) in [5, 5.41) is 3.01. The molecule has 0 spiro atoms. The van der Waals surface area contributed by atoms with E-state index >= 15 is 0 Å². The zero-order chi connectivity index (χ0) is 11.5. The van der Waals surface area contributed by atoms with Gasteiger partial charge in [-0.1, -0.05) is 6.92 Å². The summed E-state index contributed by atoms with van der Waals surface area (Å²) in [6.07, 6.45) is 3.65. The van der Waals surface area contributed by atoms with Crippen molar-refractivity contribution < 1.29 is 0 Å². The normalized spacial score (nSPS) is 14.9. The third kappa shape index (κ3) is 2.35. The van der Waals surface area contributed by atoms with E-state index in [2.05, 4.69) is 27.1 Å². The van der Waals surface area contributed by atoms with E-state index in [-0.39, 0.29) is 0 Å². The Kier molecular flexibility index (Phi) is 3.12. The molecule has 1 fully saturated rings. The van der Waals surface area contributed by atoms with Crippen LogP contribution in [0.4, 0.5) is 17.6 Å². The van der Waals surface area contributed by atoms with Crippen LogP contribution in [0.2, 0.25) is 0 Å². The molecule has 0 aliphatic heterocycles. The van der Waals surface area contributed by atoms with Crippen molar-refractivity contribution in [3.05, 3.63) is 6.07 Å². The predicted molar refractivity (Wildman–Crippen MR) is 66.7 cm³/mol. The standard InChI is InChI=1S/C11H19N5/c1-3-6-16(8-4-5-8)10-7-9(13-2)14-11(12)15-10/h7-8H,3-6H2,1-2H3,(H3,12,13,14,15). The molecule has 2 rings (SSSR count). The maximum atomic E-state index is 5.70. The minimum atomic E-state index is 0.337. The number of nitrogens with two attached hydrogens (primary N) is 1. The molecule has 3 N–H and O–H groups in total. The van der Waals surface area contributed by atoms with Gasteiger partial charge < -0.3 is 16.0 Å². The van der Waals surface area contributed by atoms with Gasteiger partial charge in [-0.25, -0.2) is 0 Å². The van der Waals surface area contributed by atoms with E-state index in [1.54, 1.807) is 0 Å². The molecule has 0 amide bonds. The molecule has 0 radical (unpaired) electrons. The van der Waals surface area contributed by atoms with E-state index in [4.69, 9.17) is 5.73 Å². The summed E-state index contributed by atoms with van der Waals surface area (Å²) in [5.41, 5.74) is 5.70. The van der Waals surface area contributed by atoms with Crippen molar-refractivity contribution in [2.75, 3.05) is 29.5 Å². The van der Waals surface area contributed by atoms with Crippen LogP contribution in [0.15, 0.2) is 6.07 Å². The molecule has 1 aromatic rings. The van der Waals surface area contributed by atoms with E-state index in [1.807, 2.05) is 13.1 Å². The number of rotatable bonds is 5. The van der Waals surface area contributed by atoms with Crippen LogP contribution in [-0.4, -0.2) is 29.6 Å². The molecule has 0 atom stereocenters. The van der Waals surface area contributed by atoms with Crippen molar-refractivity contribution in [2.45, 2.75) is 32.2 Å². The van der Waals surface area contributed by atoms with Gasteiger partial charge in [0.2, 0.25) is 5.95 Å². The van der Waals surface area contributed by atoms with Gasteiger partial charge in [0.25, 0.3) is 0 Å². The molecule has 1 aliphatic carbocycles. The zero-order valence-corrected chi connectivity index (χ0v) is 9.90. The number of hydrogen-bond donors (Lipinski definition) is 2. The molecule has 5 heteroatoms. The van der Waals surface area contributed by atoms with E-state index in [0.29, 0.717) is 12.0 Å². The van der Waals surface area contributed by atoms with Crippen LogP contribution in [0.25, 0.3) is 0 Å². The van der Waals surface area contributed by atoms with Gasteiger partial charge in [-0.05, 0) is 19.3 Å². The minimum absolute atomic E-state index is 0.337. The number of nitrogen functional groups attached to an aromatic ring is 1. The second kappa shape index (κ2) is 4.55. The Labute approximate surface area is 96.1 Å². The highest BCUT2D eigenvalue weighted by atomic mass is 15.3. The molecule has 0 aromatic carbocycles. The van der Waals surface area contributed by atoms with Crippen LogP contribution in [0.1, 0.15) is 26.2 Å². The Bertz CT molecular complexity index is 361. The molecule has 0 unspecified atom stereocenters. The van der Waals surface area contributed by atoms with Gasteiger partial charge in [-0.15, -0.1) is 0 Å². The molecule has 1 aliphatic rings. The van der Waals surface area contributed by atoms with Gasteiger partial charge in [-0.3, -0.25) is 0 Å². The third-order valence-electron chi connectivity index (χ3n) is 2.73. The largest absolute Gasteiger partial charge is 0.373 e. The van der Waals surface area contributed by atoms with Gasteiger partial charge >= 0.3 is 0 Å². The fourth-order valence-corrected chi connectivity index (χ4v) is 1.84. The molecule has 1 heterocycles. The first-order valence-corrected chi connectivity index (χ1v) is 5.83. The van der Waals surface area contributed by atoms with Crippen molar-refractivity contribution >= 4 is 17.6 Å². The minimum Gasteiger partial charge on any atom is -0.373 e. The molecule has 88 valence electrons. The maximum absolute atomic E-state index is 5.70. The van der Waals surface area contributed by atoms with E-state index < -0.39 is 0 Å². The Balaban J connectivity index is 2.25. The lowest BCUT2D eigenvalue weighted by Gasteiger charge is -2.23.